The highest BCUT2D eigenvalue weighted by Gasteiger charge is 2.43. The number of thiazole rings is 1. The smallest absolute Gasteiger partial charge is 0.0901 e. The van der Waals surface area contributed by atoms with Crippen LogP contribution in [0.5, 0.6) is 0 Å². The van der Waals surface area contributed by atoms with Gasteiger partial charge < -0.3 is 14.6 Å². The van der Waals surface area contributed by atoms with E-state index in [4.69, 9.17) is 9.47 Å². The molecular formula is C16H26N2O3S. The largest absolute Gasteiger partial charge is 0.392 e. The summed E-state index contributed by atoms with van der Waals surface area (Å²) in [7, 11) is 0. The molecule has 0 bridgehead atoms. The molecule has 2 saturated heterocycles. The topological polar surface area (TPSA) is 54.8 Å². The van der Waals surface area contributed by atoms with Crippen LogP contribution in [0.4, 0.5) is 0 Å². The van der Waals surface area contributed by atoms with Gasteiger partial charge in [0.2, 0.25) is 0 Å². The predicted octanol–water partition coefficient (Wildman–Crippen LogP) is 1.97. The molecule has 124 valence electrons. The normalized spacial score (nSPS) is 31.0. The maximum atomic E-state index is 9.59. The van der Waals surface area contributed by atoms with E-state index in [1.807, 2.05) is 13.8 Å². The Morgan fingerprint density at radius 2 is 2.50 bits per heavy atom. The van der Waals surface area contributed by atoms with Gasteiger partial charge in [-0.25, -0.2) is 4.98 Å². The monoisotopic (exact) mass is 326 g/mol. The van der Waals surface area contributed by atoms with E-state index in [1.165, 1.54) is 0 Å². The van der Waals surface area contributed by atoms with Crippen LogP contribution in [0.25, 0.3) is 0 Å². The van der Waals surface area contributed by atoms with Gasteiger partial charge in [-0.1, -0.05) is 0 Å². The summed E-state index contributed by atoms with van der Waals surface area (Å²) in [5.41, 5.74) is 0.943. The van der Waals surface area contributed by atoms with Gasteiger partial charge in [0, 0.05) is 24.9 Å². The third-order valence-electron chi connectivity index (χ3n) is 4.45. The van der Waals surface area contributed by atoms with Gasteiger partial charge in [0.1, 0.15) is 0 Å². The lowest BCUT2D eigenvalue weighted by molar-refractivity contribution is -0.0591. The number of aromatic nitrogens is 1. The van der Waals surface area contributed by atoms with Gasteiger partial charge in [-0.3, -0.25) is 4.90 Å². The predicted molar refractivity (Wildman–Crippen MR) is 86.1 cm³/mol. The molecule has 22 heavy (non-hydrogen) atoms. The zero-order valence-electron chi connectivity index (χ0n) is 13.5. The molecule has 1 aromatic rings. The molecule has 0 aromatic carbocycles. The number of hydrogen-bond donors (Lipinski definition) is 1. The maximum absolute atomic E-state index is 9.59. The molecule has 0 amide bonds. The van der Waals surface area contributed by atoms with Gasteiger partial charge in [-0.2, -0.15) is 0 Å². The fraction of sp³-hybridized carbons (Fsp3) is 0.812. The van der Waals surface area contributed by atoms with E-state index < -0.39 is 0 Å². The van der Waals surface area contributed by atoms with Crippen LogP contribution < -0.4 is 0 Å². The Morgan fingerprint density at radius 3 is 3.23 bits per heavy atom. The quantitative estimate of drug-likeness (QED) is 0.896. The molecule has 1 N–H and O–H groups in total. The van der Waals surface area contributed by atoms with Crippen LogP contribution in [0, 0.1) is 6.92 Å². The van der Waals surface area contributed by atoms with Crippen molar-refractivity contribution >= 4 is 11.3 Å². The Bertz CT molecular complexity index is 493. The van der Waals surface area contributed by atoms with E-state index in [-0.39, 0.29) is 17.8 Å². The van der Waals surface area contributed by atoms with Crippen LogP contribution in [0.15, 0.2) is 5.38 Å². The van der Waals surface area contributed by atoms with E-state index in [0.29, 0.717) is 13.2 Å². The maximum Gasteiger partial charge on any atom is 0.0901 e. The highest BCUT2D eigenvalue weighted by atomic mass is 32.1. The summed E-state index contributed by atoms with van der Waals surface area (Å²) >= 11 is 1.66. The standard InChI is InChI=1S/C16H26N2O3S/c1-12(19)7-18-5-3-4-16(11-18)6-15(9-21-16)20-8-14-10-22-13(2)17-14/h10,12,15,19H,3-9,11H2,1-2H3/t12-,15+,16-/m1/s1. The van der Waals surface area contributed by atoms with Gasteiger partial charge in [-0.05, 0) is 33.2 Å². The summed E-state index contributed by atoms with van der Waals surface area (Å²) in [6, 6.07) is 0. The van der Waals surface area contributed by atoms with E-state index in [2.05, 4.69) is 15.3 Å². The number of β-amino-alcohol motifs (C(OH)–C–C–N with tert-alkyl or cyclic N) is 1. The van der Waals surface area contributed by atoms with Crippen molar-refractivity contribution in [2.24, 2.45) is 0 Å². The first-order valence-electron chi connectivity index (χ1n) is 8.12. The van der Waals surface area contributed by atoms with E-state index >= 15 is 0 Å². The number of piperidine rings is 1. The van der Waals surface area contributed by atoms with Gasteiger partial charge in [0.05, 0.1) is 41.7 Å². The van der Waals surface area contributed by atoms with Crippen molar-refractivity contribution in [2.75, 3.05) is 26.2 Å². The van der Waals surface area contributed by atoms with Crippen molar-refractivity contribution in [3.63, 3.8) is 0 Å². The Labute approximate surface area is 136 Å². The lowest BCUT2D eigenvalue weighted by atomic mass is 9.89. The molecule has 0 saturated carbocycles. The average Bonchev–Trinajstić information content (AvgIpc) is 3.03. The fourth-order valence-electron chi connectivity index (χ4n) is 3.59. The molecule has 6 heteroatoms. The van der Waals surface area contributed by atoms with Crippen LogP contribution >= 0.6 is 11.3 Å². The number of hydrogen-bond acceptors (Lipinski definition) is 6. The number of aliphatic hydroxyl groups is 1. The van der Waals surface area contributed by atoms with Gasteiger partial charge in [0.25, 0.3) is 0 Å². The average molecular weight is 326 g/mol. The highest BCUT2D eigenvalue weighted by Crippen LogP contribution is 2.36. The highest BCUT2D eigenvalue weighted by molar-refractivity contribution is 7.09. The molecule has 0 radical (unpaired) electrons. The summed E-state index contributed by atoms with van der Waals surface area (Å²) in [5, 5.41) is 12.7. The lowest BCUT2D eigenvalue weighted by Crippen LogP contribution is -2.49. The zero-order valence-corrected chi connectivity index (χ0v) is 14.3. The van der Waals surface area contributed by atoms with Crippen LogP contribution in [0.2, 0.25) is 0 Å². The summed E-state index contributed by atoms with van der Waals surface area (Å²) in [4.78, 5) is 6.76. The number of likely N-dealkylation sites (tertiary alicyclic amines) is 1. The lowest BCUT2D eigenvalue weighted by Gasteiger charge is -2.40. The molecule has 3 heterocycles. The summed E-state index contributed by atoms with van der Waals surface area (Å²) in [5.74, 6) is 0. The number of aryl methyl sites for hydroxylation is 1. The number of rotatable bonds is 5. The second-order valence-corrected chi connectivity index (χ2v) is 7.74. The molecule has 2 aliphatic heterocycles. The van der Waals surface area contributed by atoms with Crippen molar-refractivity contribution in [2.45, 2.75) is 57.5 Å². The molecule has 5 nitrogen and oxygen atoms in total. The molecule has 1 aromatic heterocycles. The van der Waals surface area contributed by atoms with E-state index in [1.54, 1.807) is 11.3 Å². The summed E-state index contributed by atoms with van der Waals surface area (Å²) in [6.07, 6.45) is 3.06. The Morgan fingerprint density at radius 1 is 1.64 bits per heavy atom. The Hall–Kier alpha value is -0.530. The minimum Gasteiger partial charge on any atom is -0.392 e. The SMILES string of the molecule is Cc1nc(CO[C@@H]2CO[C@]3(CCCN(C[C@@H](C)O)C3)C2)cs1. The van der Waals surface area contributed by atoms with Crippen LogP contribution in [-0.2, 0) is 16.1 Å². The molecule has 3 atom stereocenters. The number of ether oxygens (including phenoxy) is 2. The number of aliphatic hydroxyl groups excluding tert-OH is 1. The van der Waals surface area contributed by atoms with Gasteiger partial charge in [-0.15, -0.1) is 11.3 Å². The van der Waals surface area contributed by atoms with Crippen molar-refractivity contribution in [1.82, 2.24) is 9.88 Å². The third-order valence-corrected chi connectivity index (χ3v) is 5.27. The molecule has 3 rings (SSSR count). The Balaban J connectivity index is 1.50. The summed E-state index contributed by atoms with van der Waals surface area (Å²) in [6.45, 7) is 7.80. The van der Waals surface area contributed by atoms with Crippen molar-refractivity contribution in [3.8, 4) is 0 Å². The first kappa shape index (κ1) is 16.3. The van der Waals surface area contributed by atoms with E-state index in [0.717, 1.165) is 49.6 Å². The van der Waals surface area contributed by atoms with E-state index in [9.17, 15) is 5.11 Å². The van der Waals surface area contributed by atoms with Crippen LogP contribution in [-0.4, -0.2) is 59.0 Å². The summed E-state index contributed by atoms with van der Waals surface area (Å²) < 4.78 is 12.1. The molecule has 1 spiro atoms. The van der Waals surface area contributed by atoms with Crippen molar-refractivity contribution in [3.05, 3.63) is 16.1 Å². The van der Waals surface area contributed by atoms with Crippen molar-refractivity contribution < 1.29 is 14.6 Å². The zero-order chi connectivity index (χ0) is 15.6. The third kappa shape index (κ3) is 4.06. The number of nitrogens with zero attached hydrogens (tertiary/aromatic N) is 2. The van der Waals surface area contributed by atoms with Crippen LogP contribution in [0.1, 0.15) is 36.9 Å². The molecule has 0 aliphatic carbocycles. The second-order valence-electron chi connectivity index (χ2n) is 6.68. The minimum absolute atomic E-state index is 0.0736. The first-order chi connectivity index (χ1) is 10.5. The molecular weight excluding hydrogens is 300 g/mol. The fourth-order valence-corrected chi connectivity index (χ4v) is 4.19. The van der Waals surface area contributed by atoms with Gasteiger partial charge in [0.15, 0.2) is 0 Å². The first-order valence-corrected chi connectivity index (χ1v) is 9.00. The molecule has 2 fully saturated rings. The molecule has 0 unspecified atom stereocenters. The Kier molecular flexibility index (Phi) is 5.14. The molecule has 2 aliphatic rings. The van der Waals surface area contributed by atoms with Gasteiger partial charge >= 0.3 is 0 Å². The second kappa shape index (κ2) is 6.93. The van der Waals surface area contributed by atoms with Crippen molar-refractivity contribution in [1.29, 1.82) is 0 Å². The van der Waals surface area contributed by atoms with Crippen LogP contribution in [0.3, 0.4) is 0 Å². The minimum atomic E-state index is -0.281.